The van der Waals surface area contributed by atoms with Crippen LogP contribution in [-0.2, 0) is 30.3 Å². The van der Waals surface area contributed by atoms with Crippen LogP contribution in [0.15, 0.2) is 28.9 Å². The summed E-state index contributed by atoms with van der Waals surface area (Å²) in [5, 5.41) is 13.2. The molecule has 0 radical (unpaired) electrons. The van der Waals surface area contributed by atoms with E-state index in [0.717, 1.165) is 16.5 Å². The Morgan fingerprint density at radius 3 is 2.47 bits per heavy atom. The SMILES string of the molecule is CC(=O)N[C@@H](Cc1c(Br)[nH]c2ccccc12)C(=O)N[C@@H](CCC(=O)C=N)C(=O)OC(C)C. The highest BCUT2D eigenvalue weighted by Crippen LogP contribution is 2.27. The van der Waals surface area contributed by atoms with E-state index in [4.69, 9.17) is 10.1 Å². The lowest BCUT2D eigenvalue weighted by Crippen LogP contribution is -2.52. The second kappa shape index (κ2) is 11.6. The van der Waals surface area contributed by atoms with E-state index in [1.165, 1.54) is 6.92 Å². The van der Waals surface area contributed by atoms with Crippen LogP contribution in [-0.4, -0.2) is 53.0 Å². The first-order valence-corrected chi connectivity index (χ1v) is 11.0. The van der Waals surface area contributed by atoms with Crippen molar-refractivity contribution in [2.75, 3.05) is 0 Å². The fourth-order valence-electron chi connectivity index (χ4n) is 3.22. The number of aromatic amines is 1. The molecule has 1 aromatic heterocycles. The number of amides is 2. The Bertz CT molecular complexity index is 1020. The lowest BCUT2D eigenvalue weighted by Gasteiger charge is -2.23. The van der Waals surface area contributed by atoms with Crippen molar-refractivity contribution in [3.05, 3.63) is 34.4 Å². The van der Waals surface area contributed by atoms with E-state index in [0.29, 0.717) is 10.8 Å². The maximum atomic E-state index is 13.1. The number of ether oxygens (including phenoxy) is 1. The van der Waals surface area contributed by atoms with Gasteiger partial charge in [-0.05, 0) is 47.8 Å². The van der Waals surface area contributed by atoms with Crippen LogP contribution in [0.25, 0.3) is 10.9 Å². The molecule has 0 aliphatic carbocycles. The Balaban J connectivity index is 2.25. The maximum Gasteiger partial charge on any atom is 0.328 e. The first-order chi connectivity index (χ1) is 15.1. The molecule has 10 heteroatoms. The molecule has 0 fully saturated rings. The van der Waals surface area contributed by atoms with E-state index in [1.807, 2.05) is 24.3 Å². The lowest BCUT2D eigenvalue weighted by molar-refractivity contribution is -0.151. The summed E-state index contributed by atoms with van der Waals surface area (Å²) in [6.07, 6.45) is 0.312. The number of carbonyl (C=O) groups is 4. The van der Waals surface area contributed by atoms with Gasteiger partial charge in [-0.15, -0.1) is 0 Å². The average Bonchev–Trinajstić information content (AvgIpc) is 3.04. The number of nitrogens with one attached hydrogen (secondary N) is 4. The van der Waals surface area contributed by atoms with Gasteiger partial charge < -0.3 is 25.8 Å². The first-order valence-electron chi connectivity index (χ1n) is 10.2. The topological polar surface area (TPSA) is 141 Å². The molecule has 0 saturated heterocycles. The number of hydrogen-bond donors (Lipinski definition) is 4. The van der Waals surface area contributed by atoms with Crippen molar-refractivity contribution < 1.29 is 23.9 Å². The maximum absolute atomic E-state index is 13.1. The monoisotopic (exact) mass is 506 g/mol. The summed E-state index contributed by atoms with van der Waals surface area (Å²) in [5.41, 5.74) is 1.68. The van der Waals surface area contributed by atoms with Crippen molar-refractivity contribution in [3.8, 4) is 0 Å². The van der Waals surface area contributed by atoms with Gasteiger partial charge >= 0.3 is 5.97 Å². The molecule has 0 unspecified atom stereocenters. The molecule has 2 amide bonds. The highest BCUT2D eigenvalue weighted by Gasteiger charge is 2.29. The number of Topliss-reactive ketones (excluding diaryl/α,β-unsaturated/α-hetero) is 1. The molecule has 4 N–H and O–H groups in total. The summed E-state index contributed by atoms with van der Waals surface area (Å²) in [7, 11) is 0. The predicted molar refractivity (Wildman–Crippen MR) is 123 cm³/mol. The number of aromatic nitrogens is 1. The molecule has 1 aromatic carbocycles. The molecular formula is C22H27BrN4O5. The minimum absolute atomic E-state index is 0.0188. The van der Waals surface area contributed by atoms with Gasteiger partial charge in [0.1, 0.15) is 12.1 Å². The number of carbonyl (C=O) groups excluding carboxylic acids is 4. The molecule has 0 bridgehead atoms. The second-order valence-corrected chi connectivity index (χ2v) is 8.41. The molecule has 9 nitrogen and oxygen atoms in total. The number of halogens is 1. The molecule has 0 spiro atoms. The number of hydrogen-bond acceptors (Lipinski definition) is 6. The van der Waals surface area contributed by atoms with Gasteiger partial charge in [0.05, 0.1) is 16.9 Å². The van der Waals surface area contributed by atoms with E-state index < -0.39 is 41.8 Å². The number of H-pyrrole nitrogens is 1. The summed E-state index contributed by atoms with van der Waals surface area (Å²) in [5.74, 6) is -2.13. The van der Waals surface area contributed by atoms with Crippen molar-refractivity contribution in [2.24, 2.45) is 0 Å². The fourth-order valence-corrected chi connectivity index (χ4v) is 3.81. The number of fused-ring (bicyclic) bond motifs is 1. The number of esters is 1. The molecular weight excluding hydrogens is 480 g/mol. The standard InChI is InChI=1S/C22H27BrN4O5/c1-12(2)32-22(31)18(9-8-14(29)11-24)27-21(30)19(25-13(3)28)10-16-15-6-4-5-7-17(15)26-20(16)23/h4-7,11-12,18-19,24,26H,8-10H2,1-3H3,(H,25,28)(H,27,30)/t18-,19-/m0/s1. The van der Waals surface area contributed by atoms with Crippen molar-refractivity contribution >= 4 is 56.6 Å². The lowest BCUT2D eigenvalue weighted by atomic mass is 10.0. The summed E-state index contributed by atoms with van der Waals surface area (Å²) in [6.45, 7) is 4.65. The normalized spacial score (nSPS) is 12.8. The third-order valence-corrected chi connectivity index (χ3v) is 5.33. The average molecular weight is 507 g/mol. The molecule has 0 aliphatic heterocycles. The Labute approximate surface area is 194 Å². The minimum Gasteiger partial charge on any atom is -0.461 e. The Morgan fingerprint density at radius 2 is 1.84 bits per heavy atom. The number of rotatable bonds is 11. The third-order valence-electron chi connectivity index (χ3n) is 4.66. The second-order valence-electron chi connectivity index (χ2n) is 7.62. The van der Waals surface area contributed by atoms with Crippen LogP contribution < -0.4 is 10.6 Å². The van der Waals surface area contributed by atoms with Crippen LogP contribution in [0.5, 0.6) is 0 Å². The van der Waals surface area contributed by atoms with Crippen molar-refractivity contribution in [1.82, 2.24) is 15.6 Å². The zero-order valence-corrected chi connectivity index (χ0v) is 19.7. The number of para-hydroxylation sites is 1. The van der Waals surface area contributed by atoms with Gasteiger partial charge in [0.2, 0.25) is 11.8 Å². The Hall–Kier alpha value is -3.01. The van der Waals surface area contributed by atoms with Crippen molar-refractivity contribution in [3.63, 3.8) is 0 Å². The summed E-state index contributed by atoms with van der Waals surface area (Å²) in [4.78, 5) is 52.0. The van der Waals surface area contributed by atoms with Gasteiger partial charge in [-0.2, -0.15) is 0 Å². The summed E-state index contributed by atoms with van der Waals surface area (Å²) < 4.78 is 5.89. The van der Waals surface area contributed by atoms with Crippen LogP contribution in [0.1, 0.15) is 39.2 Å². The van der Waals surface area contributed by atoms with Gasteiger partial charge in [0, 0.05) is 30.7 Å². The first kappa shape index (κ1) is 25.3. The van der Waals surface area contributed by atoms with Crippen LogP contribution in [0.4, 0.5) is 0 Å². The zero-order chi connectivity index (χ0) is 23.8. The molecule has 2 atom stereocenters. The van der Waals surface area contributed by atoms with Gasteiger partial charge in [0.25, 0.3) is 0 Å². The van der Waals surface area contributed by atoms with E-state index in [9.17, 15) is 19.2 Å². The van der Waals surface area contributed by atoms with E-state index >= 15 is 0 Å². The zero-order valence-electron chi connectivity index (χ0n) is 18.2. The van der Waals surface area contributed by atoms with Crippen LogP contribution in [0.3, 0.4) is 0 Å². The van der Waals surface area contributed by atoms with Gasteiger partial charge in [0.15, 0.2) is 5.78 Å². The smallest absolute Gasteiger partial charge is 0.328 e. The highest BCUT2D eigenvalue weighted by molar-refractivity contribution is 9.10. The Morgan fingerprint density at radius 1 is 1.16 bits per heavy atom. The molecule has 0 saturated carbocycles. The van der Waals surface area contributed by atoms with E-state index in [1.54, 1.807) is 13.8 Å². The quantitative estimate of drug-likeness (QED) is 0.273. The molecule has 1 heterocycles. The Kier molecular flexibility index (Phi) is 9.13. The summed E-state index contributed by atoms with van der Waals surface area (Å²) >= 11 is 3.47. The largest absolute Gasteiger partial charge is 0.461 e. The molecule has 2 rings (SSSR count). The summed E-state index contributed by atoms with van der Waals surface area (Å²) in [6, 6.07) is 5.51. The van der Waals surface area contributed by atoms with Crippen LogP contribution in [0, 0.1) is 5.41 Å². The highest BCUT2D eigenvalue weighted by atomic mass is 79.9. The third kappa shape index (κ3) is 7.01. The number of benzene rings is 1. The molecule has 32 heavy (non-hydrogen) atoms. The molecule has 2 aromatic rings. The van der Waals surface area contributed by atoms with Crippen molar-refractivity contribution in [1.29, 1.82) is 5.41 Å². The van der Waals surface area contributed by atoms with Crippen LogP contribution >= 0.6 is 15.9 Å². The van der Waals surface area contributed by atoms with Crippen molar-refractivity contribution in [2.45, 2.75) is 58.2 Å². The predicted octanol–water partition coefficient (Wildman–Crippen LogP) is 2.41. The van der Waals surface area contributed by atoms with Gasteiger partial charge in [-0.25, -0.2) is 4.79 Å². The molecule has 0 aliphatic rings. The number of ketones is 1. The van der Waals surface area contributed by atoms with Gasteiger partial charge in [-0.3, -0.25) is 14.4 Å². The fraction of sp³-hybridized carbons (Fsp3) is 0.409. The van der Waals surface area contributed by atoms with Crippen LogP contribution in [0.2, 0.25) is 0 Å². The van der Waals surface area contributed by atoms with Gasteiger partial charge in [-0.1, -0.05) is 18.2 Å². The minimum atomic E-state index is -1.09. The molecule has 172 valence electrons. The van der Waals surface area contributed by atoms with E-state index in [2.05, 4.69) is 31.5 Å². The van der Waals surface area contributed by atoms with E-state index in [-0.39, 0.29) is 19.3 Å².